The van der Waals surface area contributed by atoms with Crippen LogP contribution in [0, 0.1) is 10.1 Å². The number of aromatic amines is 1. The maximum absolute atomic E-state index is 11.2. The van der Waals surface area contributed by atoms with Crippen LogP contribution in [-0.2, 0) is 6.42 Å². The number of carbonyl (C=O) groups is 1. The zero-order chi connectivity index (χ0) is 14.0. The van der Waals surface area contributed by atoms with E-state index in [1.54, 1.807) is 6.07 Å². The van der Waals surface area contributed by atoms with Crippen molar-refractivity contribution in [2.75, 3.05) is 0 Å². The highest BCUT2D eigenvalue weighted by molar-refractivity contribution is 5.98. The Morgan fingerprint density at radius 2 is 2.21 bits per heavy atom. The molecule has 1 aromatic carbocycles. The first-order valence-corrected chi connectivity index (χ1v) is 6.07. The van der Waals surface area contributed by atoms with Crippen molar-refractivity contribution in [3.05, 3.63) is 39.6 Å². The Morgan fingerprint density at radius 3 is 2.79 bits per heavy atom. The van der Waals surface area contributed by atoms with E-state index in [9.17, 15) is 20.0 Å². The zero-order valence-electron chi connectivity index (χ0n) is 10.5. The van der Waals surface area contributed by atoms with Crippen molar-refractivity contribution < 1.29 is 14.8 Å². The number of fused-ring (bicyclic) bond motifs is 1. The fourth-order valence-electron chi connectivity index (χ4n) is 2.15. The normalized spacial score (nSPS) is 10.8. The Kier molecular flexibility index (Phi) is 3.50. The van der Waals surface area contributed by atoms with E-state index in [4.69, 9.17) is 0 Å². The van der Waals surface area contributed by atoms with Crippen LogP contribution in [0.4, 0.5) is 5.69 Å². The minimum atomic E-state index is -1.04. The highest BCUT2D eigenvalue weighted by Crippen LogP contribution is 2.28. The molecule has 2 aromatic rings. The first-order chi connectivity index (χ1) is 9.04. The number of non-ortho nitro benzene ring substituents is 1. The smallest absolute Gasteiger partial charge is 0.352 e. The molecule has 0 aliphatic carbocycles. The molecule has 19 heavy (non-hydrogen) atoms. The van der Waals surface area contributed by atoms with Crippen molar-refractivity contribution in [3.8, 4) is 0 Å². The molecule has 6 heteroatoms. The van der Waals surface area contributed by atoms with Gasteiger partial charge in [0.15, 0.2) is 0 Å². The molecule has 100 valence electrons. The molecule has 0 radical (unpaired) electrons. The van der Waals surface area contributed by atoms with E-state index in [1.165, 1.54) is 12.1 Å². The first-order valence-electron chi connectivity index (χ1n) is 6.07. The molecule has 0 saturated heterocycles. The Balaban J connectivity index is 2.62. The van der Waals surface area contributed by atoms with E-state index in [-0.39, 0.29) is 11.4 Å². The van der Waals surface area contributed by atoms with Crippen molar-refractivity contribution in [1.82, 2.24) is 4.98 Å². The van der Waals surface area contributed by atoms with Crippen LogP contribution < -0.4 is 0 Å². The Morgan fingerprint density at radius 1 is 1.47 bits per heavy atom. The van der Waals surface area contributed by atoms with Crippen LogP contribution in [0.1, 0.15) is 35.8 Å². The van der Waals surface area contributed by atoms with Gasteiger partial charge in [-0.3, -0.25) is 10.1 Å². The van der Waals surface area contributed by atoms with Gasteiger partial charge in [0, 0.05) is 23.0 Å². The maximum atomic E-state index is 11.2. The van der Waals surface area contributed by atoms with Gasteiger partial charge in [-0.1, -0.05) is 13.3 Å². The van der Waals surface area contributed by atoms with Crippen molar-refractivity contribution in [3.63, 3.8) is 0 Å². The lowest BCUT2D eigenvalue weighted by Crippen LogP contribution is -2.01. The number of carboxylic acid groups (broad SMARTS) is 1. The lowest BCUT2D eigenvalue weighted by atomic mass is 10.0. The molecule has 0 aliphatic heterocycles. The zero-order valence-corrected chi connectivity index (χ0v) is 10.5. The standard InChI is InChI=1S/C13H14N2O4/c1-2-3-4-9-10-7-8(15(18)19)5-6-11(10)14-12(9)13(16)17/h5-7,14H,2-4H2,1H3,(H,16,17). The molecule has 0 spiro atoms. The summed E-state index contributed by atoms with van der Waals surface area (Å²) in [6, 6.07) is 4.35. The summed E-state index contributed by atoms with van der Waals surface area (Å²) < 4.78 is 0. The number of nitro groups is 1. The number of unbranched alkanes of at least 4 members (excludes halogenated alkanes) is 1. The number of rotatable bonds is 5. The quantitative estimate of drug-likeness (QED) is 0.639. The number of hydrogen-bond acceptors (Lipinski definition) is 3. The largest absolute Gasteiger partial charge is 0.477 e. The SMILES string of the molecule is CCCCc1c(C(=O)O)[nH]c2ccc([N+](=O)[O-])cc12. The van der Waals surface area contributed by atoms with Crippen LogP contribution in [0.2, 0.25) is 0 Å². The average molecular weight is 262 g/mol. The second-order valence-electron chi connectivity index (χ2n) is 4.37. The average Bonchev–Trinajstić information content (AvgIpc) is 2.74. The third-order valence-corrected chi connectivity index (χ3v) is 3.09. The lowest BCUT2D eigenvalue weighted by Gasteiger charge is -2.00. The van der Waals surface area contributed by atoms with Gasteiger partial charge in [-0.25, -0.2) is 4.79 Å². The van der Waals surface area contributed by atoms with Crippen molar-refractivity contribution in [2.24, 2.45) is 0 Å². The van der Waals surface area contributed by atoms with Crippen molar-refractivity contribution >= 4 is 22.6 Å². The van der Waals surface area contributed by atoms with Crippen molar-refractivity contribution in [2.45, 2.75) is 26.2 Å². The van der Waals surface area contributed by atoms with E-state index < -0.39 is 10.9 Å². The second kappa shape index (κ2) is 5.09. The monoisotopic (exact) mass is 262 g/mol. The number of H-pyrrole nitrogens is 1. The van der Waals surface area contributed by atoms with Crippen LogP contribution in [0.25, 0.3) is 10.9 Å². The molecular weight excluding hydrogens is 248 g/mol. The van der Waals surface area contributed by atoms with Crippen LogP contribution in [-0.4, -0.2) is 21.0 Å². The third kappa shape index (κ3) is 2.42. The molecule has 2 N–H and O–H groups in total. The van der Waals surface area contributed by atoms with Crippen LogP contribution in [0.3, 0.4) is 0 Å². The number of aromatic carboxylic acids is 1. The summed E-state index contributed by atoms with van der Waals surface area (Å²) in [5.41, 5.74) is 1.37. The summed E-state index contributed by atoms with van der Waals surface area (Å²) in [5.74, 6) is -1.04. The third-order valence-electron chi connectivity index (χ3n) is 3.09. The first kappa shape index (κ1) is 13.1. The fourth-order valence-corrected chi connectivity index (χ4v) is 2.15. The Bertz CT molecular complexity index is 645. The number of nitro benzene ring substituents is 1. The molecule has 1 heterocycles. The number of aromatic nitrogens is 1. The molecule has 0 aliphatic rings. The number of carboxylic acids is 1. The number of nitrogens with zero attached hydrogens (tertiary/aromatic N) is 1. The molecule has 2 rings (SSSR count). The van der Waals surface area contributed by atoms with Crippen molar-refractivity contribution in [1.29, 1.82) is 0 Å². The van der Waals surface area contributed by atoms with Gasteiger partial charge in [0.25, 0.3) is 5.69 Å². The van der Waals surface area contributed by atoms with Gasteiger partial charge in [-0.15, -0.1) is 0 Å². The minimum absolute atomic E-state index is 0.0267. The number of aryl methyl sites for hydroxylation is 1. The molecule has 0 amide bonds. The van der Waals surface area contributed by atoms with E-state index in [1.807, 2.05) is 6.92 Å². The lowest BCUT2D eigenvalue weighted by molar-refractivity contribution is -0.384. The van der Waals surface area contributed by atoms with Gasteiger partial charge < -0.3 is 10.1 Å². The van der Waals surface area contributed by atoms with Gasteiger partial charge in [-0.05, 0) is 24.5 Å². The van der Waals surface area contributed by atoms with E-state index in [0.29, 0.717) is 22.9 Å². The van der Waals surface area contributed by atoms with Crippen LogP contribution in [0.5, 0.6) is 0 Å². The fraction of sp³-hybridized carbons (Fsp3) is 0.308. The van der Waals surface area contributed by atoms with Gasteiger partial charge in [0.1, 0.15) is 5.69 Å². The molecule has 1 aromatic heterocycles. The molecule has 0 saturated carbocycles. The minimum Gasteiger partial charge on any atom is -0.477 e. The summed E-state index contributed by atoms with van der Waals surface area (Å²) >= 11 is 0. The molecule has 0 fully saturated rings. The number of benzene rings is 1. The van der Waals surface area contributed by atoms with E-state index in [0.717, 1.165) is 12.8 Å². The summed E-state index contributed by atoms with van der Waals surface area (Å²) in [6.07, 6.45) is 2.37. The summed E-state index contributed by atoms with van der Waals surface area (Å²) in [4.78, 5) is 24.3. The second-order valence-corrected chi connectivity index (χ2v) is 4.37. The number of hydrogen-bond donors (Lipinski definition) is 2. The molecule has 0 atom stereocenters. The molecule has 6 nitrogen and oxygen atoms in total. The van der Waals surface area contributed by atoms with Gasteiger partial charge in [0.05, 0.1) is 4.92 Å². The van der Waals surface area contributed by atoms with Gasteiger partial charge >= 0.3 is 5.97 Å². The van der Waals surface area contributed by atoms with Gasteiger partial charge in [0.2, 0.25) is 0 Å². The summed E-state index contributed by atoms with van der Waals surface area (Å²) in [5, 5.41) is 20.6. The highest BCUT2D eigenvalue weighted by atomic mass is 16.6. The molecular formula is C13H14N2O4. The topological polar surface area (TPSA) is 96.2 Å². The summed E-state index contributed by atoms with van der Waals surface area (Å²) in [6.45, 7) is 2.01. The maximum Gasteiger partial charge on any atom is 0.352 e. The van der Waals surface area contributed by atoms with Crippen LogP contribution in [0.15, 0.2) is 18.2 Å². The highest BCUT2D eigenvalue weighted by Gasteiger charge is 2.18. The van der Waals surface area contributed by atoms with E-state index in [2.05, 4.69) is 4.98 Å². The summed E-state index contributed by atoms with van der Waals surface area (Å²) in [7, 11) is 0. The van der Waals surface area contributed by atoms with Crippen LogP contribution >= 0.6 is 0 Å². The Labute approximate surface area is 109 Å². The molecule has 0 unspecified atom stereocenters. The Hall–Kier alpha value is -2.37. The predicted octanol–water partition coefficient (Wildman–Crippen LogP) is 3.12. The van der Waals surface area contributed by atoms with E-state index >= 15 is 0 Å². The predicted molar refractivity (Wildman–Crippen MR) is 70.5 cm³/mol. The number of nitrogens with one attached hydrogen (secondary N) is 1. The molecule has 0 bridgehead atoms. The van der Waals surface area contributed by atoms with Gasteiger partial charge in [-0.2, -0.15) is 0 Å².